The molecule has 41 heavy (non-hydrogen) atoms. The smallest absolute Gasteiger partial charge is 0.412 e. The number of esters is 1. The Bertz CT molecular complexity index is 1470. The van der Waals surface area contributed by atoms with Crippen LogP contribution in [0, 0.1) is 0 Å². The van der Waals surface area contributed by atoms with E-state index in [0.717, 1.165) is 0 Å². The summed E-state index contributed by atoms with van der Waals surface area (Å²) in [6, 6.07) is 13.2. The molecule has 0 fully saturated rings. The van der Waals surface area contributed by atoms with Gasteiger partial charge in [0.25, 0.3) is 0 Å². The topological polar surface area (TPSA) is 127 Å². The molecule has 216 valence electrons. The highest BCUT2D eigenvalue weighted by Gasteiger charge is 2.36. The number of nitrogens with zero attached hydrogens (tertiary/aromatic N) is 1. The van der Waals surface area contributed by atoms with E-state index in [0.29, 0.717) is 44.3 Å². The van der Waals surface area contributed by atoms with Gasteiger partial charge in [0.05, 0.1) is 29.0 Å². The van der Waals surface area contributed by atoms with Crippen LogP contribution < -0.4 is 10.6 Å². The number of nitrogens with one attached hydrogen (secondary N) is 2. The number of ether oxygens (including phenoxy) is 2. The molecule has 1 aromatic heterocycles. The molecule has 1 heterocycles. The van der Waals surface area contributed by atoms with Crippen molar-refractivity contribution in [3.05, 3.63) is 76.6 Å². The number of carbonyl (C=O) groups excluding carboxylic acids is 3. The van der Waals surface area contributed by atoms with Crippen molar-refractivity contribution in [1.82, 2.24) is 4.98 Å². The third-order valence-electron chi connectivity index (χ3n) is 6.13. The Morgan fingerprint density at radius 1 is 0.927 bits per heavy atom. The van der Waals surface area contributed by atoms with E-state index in [-0.39, 0.29) is 12.3 Å². The van der Waals surface area contributed by atoms with Crippen LogP contribution in [0.2, 0.25) is 5.02 Å². The monoisotopic (exact) mass is 579 g/mol. The Morgan fingerprint density at radius 3 is 2.22 bits per heavy atom. The third-order valence-corrected chi connectivity index (χ3v) is 6.36. The largest absolute Gasteiger partial charge is 0.456 e. The molecule has 0 spiro atoms. The lowest BCUT2D eigenvalue weighted by Gasteiger charge is -2.20. The van der Waals surface area contributed by atoms with Crippen molar-refractivity contribution in [2.45, 2.75) is 71.2 Å². The molecule has 3 aromatic rings. The van der Waals surface area contributed by atoms with Crippen LogP contribution in [0.25, 0.3) is 11.1 Å². The number of amides is 2. The predicted molar refractivity (Wildman–Crippen MR) is 157 cm³/mol. The fraction of sp³-hybridized carbons (Fsp3) is 0.355. The molecule has 0 saturated carbocycles. The van der Waals surface area contributed by atoms with Gasteiger partial charge in [0.15, 0.2) is 0 Å². The minimum atomic E-state index is -0.913. The van der Waals surface area contributed by atoms with E-state index in [9.17, 15) is 19.5 Å². The number of fused-ring (bicyclic) bond motifs is 1. The summed E-state index contributed by atoms with van der Waals surface area (Å²) in [5.41, 5.74) is 2.22. The maximum absolute atomic E-state index is 13.2. The molecule has 9 nitrogen and oxygen atoms in total. The zero-order valence-corrected chi connectivity index (χ0v) is 24.6. The summed E-state index contributed by atoms with van der Waals surface area (Å²) in [7, 11) is 0. The Labute approximate surface area is 244 Å². The quantitative estimate of drug-likeness (QED) is 0.282. The van der Waals surface area contributed by atoms with E-state index in [1.165, 1.54) is 0 Å². The Balaban J connectivity index is 1.53. The molecular formula is C31H34ClN3O6. The summed E-state index contributed by atoms with van der Waals surface area (Å²) in [6.07, 6.45) is 0.209. The zero-order chi connectivity index (χ0) is 30.1. The lowest BCUT2D eigenvalue weighted by atomic mass is 10.0. The van der Waals surface area contributed by atoms with Gasteiger partial charge in [-0.1, -0.05) is 11.6 Å². The van der Waals surface area contributed by atoms with Gasteiger partial charge in [-0.25, -0.2) is 9.59 Å². The second kappa shape index (κ2) is 11.5. The number of anilines is 2. The number of aromatic nitrogens is 1. The molecule has 0 saturated heterocycles. The molecule has 0 aliphatic heterocycles. The average Bonchev–Trinajstić information content (AvgIpc) is 3.19. The van der Waals surface area contributed by atoms with Crippen LogP contribution in [0.5, 0.6) is 0 Å². The van der Waals surface area contributed by atoms with Gasteiger partial charge in [0.1, 0.15) is 11.2 Å². The second-order valence-corrected chi connectivity index (χ2v) is 12.3. The number of rotatable bonds is 5. The van der Waals surface area contributed by atoms with Crippen molar-refractivity contribution in [2.24, 2.45) is 0 Å². The van der Waals surface area contributed by atoms with Gasteiger partial charge in [-0.05, 0) is 96.5 Å². The standard InChI is InChI=1S/C31H34ClN3O6/c1-30(2,3)40-28(38)17-7-10-20(11-8-17)34-27(37)23-15-25(36)22-13-18(16-33-26(22)23)21-14-19(32)9-12-24(21)35-29(39)41-31(4,5)6/h7-14,16,23,25,36H,15H2,1-6H3,(H,34,37)(H,35,39). The molecule has 0 radical (unpaired) electrons. The maximum Gasteiger partial charge on any atom is 0.412 e. The molecule has 1 aliphatic rings. The summed E-state index contributed by atoms with van der Waals surface area (Å²) in [4.78, 5) is 42.4. The van der Waals surface area contributed by atoms with Crippen molar-refractivity contribution < 1.29 is 29.0 Å². The zero-order valence-electron chi connectivity index (χ0n) is 23.9. The number of hydrogen-bond acceptors (Lipinski definition) is 7. The van der Waals surface area contributed by atoms with E-state index in [2.05, 4.69) is 15.6 Å². The number of pyridine rings is 1. The normalized spacial score (nSPS) is 16.5. The van der Waals surface area contributed by atoms with Crippen LogP contribution in [0.1, 0.15) is 81.6 Å². The molecule has 1 aliphatic carbocycles. The highest BCUT2D eigenvalue weighted by atomic mass is 35.5. The van der Waals surface area contributed by atoms with E-state index in [4.69, 9.17) is 21.1 Å². The van der Waals surface area contributed by atoms with Crippen molar-refractivity contribution in [3.63, 3.8) is 0 Å². The summed E-state index contributed by atoms with van der Waals surface area (Å²) < 4.78 is 10.7. The first-order valence-corrected chi connectivity index (χ1v) is 13.6. The molecule has 2 unspecified atom stereocenters. The number of aliphatic hydroxyl groups is 1. The van der Waals surface area contributed by atoms with Crippen molar-refractivity contribution in [2.75, 3.05) is 10.6 Å². The molecule has 4 rings (SSSR count). The predicted octanol–water partition coefficient (Wildman–Crippen LogP) is 6.86. The van der Waals surface area contributed by atoms with Gasteiger partial charge in [-0.3, -0.25) is 15.1 Å². The van der Waals surface area contributed by atoms with Gasteiger partial charge >= 0.3 is 12.1 Å². The van der Waals surface area contributed by atoms with E-state index in [1.54, 1.807) is 96.3 Å². The first-order chi connectivity index (χ1) is 19.1. The molecule has 2 atom stereocenters. The van der Waals surface area contributed by atoms with Crippen LogP contribution in [0.4, 0.5) is 16.2 Å². The number of carbonyl (C=O) groups is 3. The van der Waals surface area contributed by atoms with Gasteiger partial charge < -0.3 is 19.9 Å². The average molecular weight is 580 g/mol. The fourth-order valence-electron chi connectivity index (χ4n) is 4.42. The van der Waals surface area contributed by atoms with Crippen LogP contribution in [0.3, 0.4) is 0 Å². The number of aliphatic hydroxyl groups excluding tert-OH is 1. The fourth-order valence-corrected chi connectivity index (χ4v) is 4.60. The lowest BCUT2D eigenvalue weighted by Crippen LogP contribution is -2.27. The first kappa shape index (κ1) is 30.0. The first-order valence-electron chi connectivity index (χ1n) is 13.2. The van der Waals surface area contributed by atoms with Crippen molar-refractivity contribution in [3.8, 4) is 11.1 Å². The van der Waals surface area contributed by atoms with Crippen LogP contribution in [-0.2, 0) is 14.3 Å². The highest BCUT2D eigenvalue weighted by molar-refractivity contribution is 6.31. The molecule has 10 heteroatoms. The maximum atomic E-state index is 13.2. The van der Waals surface area contributed by atoms with Crippen LogP contribution in [-0.4, -0.2) is 39.3 Å². The molecule has 2 amide bonds. The molecular weight excluding hydrogens is 546 g/mol. The van der Waals surface area contributed by atoms with Crippen molar-refractivity contribution >= 4 is 40.9 Å². The van der Waals surface area contributed by atoms with Crippen LogP contribution >= 0.6 is 11.6 Å². The minimum absolute atomic E-state index is 0.159. The van der Waals surface area contributed by atoms with E-state index >= 15 is 0 Å². The van der Waals surface area contributed by atoms with Gasteiger partial charge in [0.2, 0.25) is 5.91 Å². The SMILES string of the molecule is CC(C)(C)OC(=O)Nc1ccc(Cl)cc1-c1cnc2c(c1)C(O)CC2C(=O)Nc1ccc(C(=O)OC(C)(C)C)cc1. The Kier molecular flexibility index (Phi) is 8.42. The molecule has 2 aromatic carbocycles. The Morgan fingerprint density at radius 2 is 1.59 bits per heavy atom. The number of halogens is 1. The second-order valence-electron chi connectivity index (χ2n) is 11.9. The van der Waals surface area contributed by atoms with Crippen molar-refractivity contribution in [1.29, 1.82) is 0 Å². The minimum Gasteiger partial charge on any atom is -0.456 e. The number of hydrogen-bond donors (Lipinski definition) is 3. The third kappa shape index (κ3) is 7.62. The Hall–Kier alpha value is -3.95. The van der Waals surface area contributed by atoms with Gasteiger partial charge in [-0.2, -0.15) is 0 Å². The summed E-state index contributed by atoms with van der Waals surface area (Å²) in [5.74, 6) is -1.46. The van der Waals surface area contributed by atoms with E-state index in [1.807, 2.05) is 0 Å². The molecule has 3 N–H and O–H groups in total. The van der Waals surface area contributed by atoms with Gasteiger partial charge in [-0.15, -0.1) is 0 Å². The summed E-state index contributed by atoms with van der Waals surface area (Å²) in [5, 5.41) is 16.9. The van der Waals surface area contributed by atoms with Crippen LogP contribution in [0.15, 0.2) is 54.7 Å². The summed E-state index contributed by atoms with van der Waals surface area (Å²) in [6.45, 7) is 10.7. The molecule has 0 bridgehead atoms. The highest BCUT2D eigenvalue weighted by Crippen LogP contribution is 2.42. The van der Waals surface area contributed by atoms with Gasteiger partial charge in [0, 0.05) is 33.6 Å². The number of benzene rings is 2. The lowest BCUT2D eigenvalue weighted by molar-refractivity contribution is -0.118. The summed E-state index contributed by atoms with van der Waals surface area (Å²) >= 11 is 6.26. The van der Waals surface area contributed by atoms with E-state index < -0.39 is 35.3 Å².